The van der Waals surface area contributed by atoms with Gasteiger partial charge in [0.25, 0.3) is 0 Å². The van der Waals surface area contributed by atoms with Crippen molar-refractivity contribution in [1.29, 1.82) is 0 Å². The van der Waals surface area contributed by atoms with Crippen molar-refractivity contribution < 1.29 is 19.1 Å². The second-order valence-corrected chi connectivity index (χ2v) is 6.90. The number of methoxy groups -OCH3 is 1. The fraction of sp³-hybridized carbons (Fsp3) is 0.786. The number of nitrogens with one attached hydrogen (secondary N) is 3. The van der Waals surface area contributed by atoms with Gasteiger partial charge in [-0.05, 0) is 19.3 Å². The molecule has 1 aliphatic rings. The van der Waals surface area contributed by atoms with Gasteiger partial charge in [0.1, 0.15) is 11.5 Å². The Morgan fingerprint density at radius 3 is 2.68 bits per heavy atom. The first-order valence-corrected chi connectivity index (χ1v) is 8.41. The maximum absolute atomic E-state index is 12.0. The van der Waals surface area contributed by atoms with E-state index in [9.17, 15) is 14.4 Å². The van der Waals surface area contributed by atoms with E-state index in [4.69, 9.17) is 4.74 Å². The highest BCUT2D eigenvalue weighted by molar-refractivity contribution is 8.00. The molecule has 3 atom stereocenters. The van der Waals surface area contributed by atoms with Crippen LogP contribution in [0.5, 0.6) is 0 Å². The standard InChI is InChI=1S/C14H25N3O4S/c1-8(2)5-10(13(20)21-4)16-12(19)7-22-14-15-9(3)6-11(18)17-14/h8-10,14-15H,5-7H2,1-4H3,(H,16,19)(H,17,18). The summed E-state index contributed by atoms with van der Waals surface area (Å²) in [5.74, 6) is -0.315. The average molecular weight is 331 g/mol. The molecule has 0 aromatic carbocycles. The predicted octanol–water partition coefficient (Wildman–Crippen LogP) is 0.205. The molecule has 1 rings (SSSR count). The Morgan fingerprint density at radius 1 is 1.45 bits per heavy atom. The fourth-order valence-corrected chi connectivity index (χ4v) is 3.10. The van der Waals surface area contributed by atoms with Crippen molar-refractivity contribution in [3.63, 3.8) is 0 Å². The highest BCUT2D eigenvalue weighted by Crippen LogP contribution is 2.12. The third kappa shape index (κ3) is 6.65. The van der Waals surface area contributed by atoms with Crippen molar-refractivity contribution in [2.45, 2.75) is 51.2 Å². The van der Waals surface area contributed by atoms with Gasteiger partial charge in [0.15, 0.2) is 0 Å². The van der Waals surface area contributed by atoms with Crippen LogP contribution >= 0.6 is 11.8 Å². The smallest absolute Gasteiger partial charge is 0.328 e. The molecule has 22 heavy (non-hydrogen) atoms. The lowest BCUT2D eigenvalue weighted by molar-refractivity contribution is -0.145. The molecule has 1 aliphatic heterocycles. The van der Waals surface area contributed by atoms with E-state index in [2.05, 4.69) is 16.0 Å². The number of hydrogen-bond donors (Lipinski definition) is 3. The Kier molecular flexibility index (Phi) is 7.67. The third-order valence-electron chi connectivity index (χ3n) is 3.13. The number of hydrogen-bond acceptors (Lipinski definition) is 6. The molecule has 0 aromatic heterocycles. The zero-order valence-electron chi connectivity index (χ0n) is 13.5. The zero-order chi connectivity index (χ0) is 16.7. The van der Waals surface area contributed by atoms with Crippen LogP contribution in [0.15, 0.2) is 0 Å². The largest absolute Gasteiger partial charge is 0.467 e. The fourth-order valence-electron chi connectivity index (χ4n) is 2.15. The van der Waals surface area contributed by atoms with Crippen LogP contribution in [-0.2, 0) is 19.1 Å². The van der Waals surface area contributed by atoms with E-state index in [0.29, 0.717) is 12.8 Å². The molecule has 0 spiro atoms. The van der Waals surface area contributed by atoms with E-state index in [1.54, 1.807) is 0 Å². The Bertz CT molecular complexity index is 417. The number of carbonyl (C=O) groups excluding carboxylic acids is 3. The number of carbonyl (C=O) groups is 3. The van der Waals surface area contributed by atoms with Crippen molar-refractivity contribution >= 4 is 29.5 Å². The normalized spacial score (nSPS) is 22.9. The van der Waals surface area contributed by atoms with E-state index in [0.717, 1.165) is 0 Å². The highest BCUT2D eigenvalue weighted by atomic mass is 32.2. The summed E-state index contributed by atoms with van der Waals surface area (Å²) in [6.07, 6.45) is 0.959. The molecule has 1 fully saturated rings. The van der Waals surface area contributed by atoms with Gasteiger partial charge in [-0.25, -0.2) is 4.79 Å². The second kappa shape index (κ2) is 8.99. The van der Waals surface area contributed by atoms with Crippen molar-refractivity contribution in [2.24, 2.45) is 5.92 Å². The Labute approximate surface area is 135 Å². The summed E-state index contributed by atoms with van der Waals surface area (Å²) in [6, 6.07) is -0.552. The molecule has 3 unspecified atom stereocenters. The summed E-state index contributed by atoms with van der Waals surface area (Å²) in [7, 11) is 1.30. The lowest BCUT2D eigenvalue weighted by Gasteiger charge is -2.29. The van der Waals surface area contributed by atoms with E-state index < -0.39 is 12.0 Å². The third-order valence-corrected chi connectivity index (χ3v) is 4.14. The topological polar surface area (TPSA) is 96.5 Å². The lowest BCUT2D eigenvalue weighted by Crippen LogP contribution is -2.54. The van der Waals surface area contributed by atoms with Gasteiger partial charge in [0.2, 0.25) is 11.8 Å². The molecular weight excluding hydrogens is 306 g/mol. The first-order valence-electron chi connectivity index (χ1n) is 7.36. The van der Waals surface area contributed by atoms with Crippen LogP contribution in [0.25, 0.3) is 0 Å². The van der Waals surface area contributed by atoms with Crippen LogP contribution in [0.1, 0.15) is 33.6 Å². The van der Waals surface area contributed by atoms with Gasteiger partial charge in [-0.1, -0.05) is 13.8 Å². The van der Waals surface area contributed by atoms with Gasteiger partial charge < -0.3 is 15.4 Å². The summed E-state index contributed by atoms with van der Waals surface area (Å²) in [6.45, 7) is 5.86. The highest BCUT2D eigenvalue weighted by Gasteiger charge is 2.25. The van der Waals surface area contributed by atoms with Crippen LogP contribution in [0.3, 0.4) is 0 Å². The van der Waals surface area contributed by atoms with Crippen LogP contribution in [-0.4, -0.2) is 48.2 Å². The van der Waals surface area contributed by atoms with Gasteiger partial charge in [0.05, 0.1) is 12.9 Å². The predicted molar refractivity (Wildman–Crippen MR) is 85.0 cm³/mol. The summed E-state index contributed by atoms with van der Waals surface area (Å²) in [5, 5.41) is 8.63. The molecule has 0 aliphatic carbocycles. The first kappa shape index (κ1) is 18.8. The maximum Gasteiger partial charge on any atom is 0.328 e. The molecule has 1 saturated heterocycles. The van der Waals surface area contributed by atoms with Crippen LogP contribution < -0.4 is 16.0 Å². The molecule has 0 aromatic rings. The van der Waals surface area contributed by atoms with Gasteiger partial charge in [-0.2, -0.15) is 0 Å². The summed E-state index contributed by atoms with van der Waals surface area (Å²) >= 11 is 1.29. The molecule has 2 amide bonds. The Balaban J connectivity index is 2.43. The second-order valence-electron chi connectivity index (χ2n) is 5.80. The summed E-state index contributed by atoms with van der Waals surface area (Å²) < 4.78 is 4.71. The minimum absolute atomic E-state index is 0.0311. The molecule has 126 valence electrons. The van der Waals surface area contributed by atoms with Crippen molar-refractivity contribution in [2.75, 3.05) is 12.9 Å². The quantitative estimate of drug-likeness (QED) is 0.577. The van der Waals surface area contributed by atoms with E-state index in [1.165, 1.54) is 18.9 Å². The van der Waals surface area contributed by atoms with Gasteiger partial charge in [-0.3, -0.25) is 14.9 Å². The molecular formula is C14H25N3O4S. The molecule has 8 heteroatoms. The zero-order valence-corrected chi connectivity index (χ0v) is 14.3. The van der Waals surface area contributed by atoms with E-state index in [-0.39, 0.29) is 35.0 Å². The maximum atomic E-state index is 12.0. The number of thioether (sulfide) groups is 1. The number of rotatable bonds is 7. The summed E-state index contributed by atoms with van der Waals surface area (Å²) in [4.78, 5) is 35.1. The van der Waals surface area contributed by atoms with E-state index >= 15 is 0 Å². The van der Waals surface area contributed by atoms with Gasteiger partial charge in [-0.15, -0.1) is 11.8 Å². The molecule has 0 bridgehead atoms. The number of amides is 2. The van der Waals surface area contributed by atoms with Crippen LogP contribution in [0.4, 0.5) is 0 Å². The lowest BCUT2D eigenvalue weighted by atomic mass is 10.0. The number of ether oxygens (including phenoxy) is 1. The minimum Gasteiger partial charge on any atom is -0.467 e. The molecule has 7 nitrogen and oxygen atoms in total. The molecule has 0 radical (unpaired) electrons. The average Bonchev–Trinajstić information content (AvgIpc) is 2.42. The van der Waals surface area contributed by atoms with Crippen LogP contribution in [0, 0.1) is 5.92 Å². The van der Waals surface area contributed by atoms with E-state index in [1.807, 2.05) is 20.8 Å². The number of esters is 1. The summed E-state index contributed by atoms with van der Waals surface area (Å²) in [5.41, 5.74) is -0.288. The van der Waals surface area contributed by atoms with Crippen molar-refractivity contribution in [1.82, 2.24) is 16.0 Å². The SMILES string of the molecule is COC(=O)C(CC(C)C)NC(=O)CSC1NC(=O)CC(C)N1. The molecule has 1 heterocycles. The first-order chi connectivity index (χ1) is 10.3. The minimum atomic E-state index is -0.633. The Morgan fingerprint density at radius 2 is 2.14 bits per heavy atom. The van der Waals surface area contributed by atoms with Crippen molar-refractivity contribution in [3.05, 3.63) is 0 Å². The molecule has 3 N–H and O–H groups in total. The monoisotopic (exact) mass is 331 g/mol. The molecule has 0 saturated carbocycles. The van der Waals surface area contributed by atoms with Crippen LogP contribution in [0.2, 0.25) is 0 Å². The Hall–Kier alpha value is -1.28. The van der Waals surface area contributed by atoms with Crippen molar-refractivity contribution in [3.8, 4) is 0 Å². The van der Waals surface area contributed by atoms with Gasteiger partial charge >= 0.3 is 5.97 Å². The van der Waals surface area contributed by atoms with Gasteiger partial charge in [0, 0.05) is 12.5 Å².